The van der Waals surface area contributed by atoms with E-state index in [1.807, 2.05) is 0 Å². The van der Waals surface area contributed by atoms with Crippen LogP contribution in [0.25, 0.3) is 0 Å². The van der Waals surface area contributed by atoms with Gasteiger partial charge in [-0.2, -0.15) is 0 Å². The number of carboxylic acid groups (broad SMARTS) is 2. The molecule has 0 fully saturated rings. The largest absolute Gasteiger partial charge is 2.00 e. The number of hydrogen-bond donors (Lipinski definition) is 0. The number of unbranched alkanes of at least 4 members (excludes halogenated alkanes) is 68. The third kappa shape index (κ3) is 92.1. The molecule has 0 aromatic heterocycles. The summed E-state index contributed by atoms with van der Waals surface area (Å²) in [4.78, 5) is 26.9. The number of carbonyl (C=O) groups excluding carboxylic acids is 2. The average molecular weight is 1340 g/mol. The van der Waals surface area contributed by atoms with Gasteiger partial charge in [0.15, 0.2) is 0 Å². The molecule has 0 radical (unpaired) electrons. The van der Waals surface area contributed by atoms with Crippen LogP contribution in [-0.2, 0) is 9.59 Å². The van der Waals surface area contributed by atoms with E-state index in [2.05, 4.69) is 37.5 Å². The van der Waals surface area contributed by atoms with Gasteiger partial charge in [-0.1, -0.05) is 464 Å². The van der Waals surface area contributed by atoms with Crippen molar-refractivity contribution in [1.82, 2.24) is 9.80 Å². The van der Waals surface area contributed by atoms with Gasteiger partial charge in [-0.05, 0) is 64.7 Å². The first-order valence-electron chi connectivity index (χ1n) is 43.2. The fourth-order valence-corrected chi connectivity index (χ4v) is 14.1. The summed E-state index contributed by atoms with van der Waals surface area (Å²) in [5.41, 5.74) is 0. The maximum Gasteiger partial charge on any atom is 2.00 e. The summed E-state index contributed by atoms with van der Waals surface area (Å²) < 4.78 is 0. The molecule has 0 N–H and O–H groups in total. The van der Waals surface area contributed by atoms with Gasteiger partial charge in [0.2, 0.25) is 0 Å². The minimum Gasteiger partial charge on any atom is -0.550 e. The molecule has 0 aromatic carbocycles. The molecule has 0 aromatic rings. The molecule has 0 aliphatic rings. The Bertz CT molecular complexity index is 1160. The fraction of sp³-hybridized carbons (Fsp3) is 0.977. The fourth-order valence-electron chi connectivity index (χ4n) is 14.1. The van der Waals surface area contributed by atoms with Crippen LogP contribution in [0.2, 0.25) is 0 Å². The smallest absolute Gasteiger partial charge is 0.550 e. The average Bonchev–Trinajstić information content (AvgIpc) is 3.77. The van der Waals surface area contributed by atoms with Crippen molar-refractivity contribution in [1.29, 1.82) is 0 Å². The normalized spacial score (nSPS) is 11.5. The molecule has 0 saturated carbocycles. The molecule has 0 rings (SSSR count). The second kappa shape index (κ2) is 90.1. The van der Waals surface area contributed by atoms with E-state index in [9.17, 15) is 19.8 Å². The van der Waals surface area contributed by atoms with Crippen LogP contribution in [0.4, 0.5) is 0 Å². The molecular formula is C86H172CaN2O4. The first-order valence-corrected chi connectivity index (χ1v) is 43.2. The molecule has 0 amide bonds. The third-order valence-electron chi connectivity index (χ3n) is 20.6. The molecule has 0 aliphatic carbocycles. The summed E-state index contributed by atoms with van der Waals surface area (Å²) in [5.74, 6) is -1.80. The van der Waals surface area contributed by atoms with Crippen molar-refractivity contribution < 1.29 is 19.8 Å². The minimum absolute atomic E-state index is 0. The van der Waals surface area contributed by atoms with Crippen molar-refractivity contribution in [3.63, 3.8) is 0 Å². The van der Waals surface area contributed by atoms with Crippen LogP contribution in [0, 0.1) is 0 Å². The van der Waals surface area contributed by atoms with Crippen LogP contribution >= 0.6 is 0 Å². The Labute approximate surface area is 616 Å². The molecule has 0 bridgehead atoms. The summed E-state index contributed by atoms with van der Waals surface area (Å²) in [6.45, 7) is 14.8. The minimum atomic E-state index is -0.902. The predicted molar refractivity (Wildman–Crippen MR) is 413 cm³/mol. The van der Waals surface area contributed by atoms with E-state index >= 15 is 0 Å². The molecule has 6 nitrogen and oxygen atoms in total. The predicted octanol–water partition coefficient (Wildman–Crippen LogP) is 26.6. The maximum absolute atomic E-state index is 11.0. The number of carboxylic acids is 2. The van der Waals surface area contributed by atoms with Crippen molar-refractivity contribution in [2.75, 3.05) is 39.3 Å². The molecule has 0 spiro atoms. The van der Waals surface area contributed by atoms with E-state index in [1.165, 1.54) is 462 Å². The van der Waals surface area contributed by atoms with Crippen molar-refractivity contribution in [3.8, 4) is 0 Å². The van der Waals surface area contributed by atoms with E-state index in [-0.39, 0.29) is 50.6 Å². The zero-order valence-corrected chi connectivity index (χ0v) is 67.0. The summed E-state index contributed by atoms with van der Waals surface area (Å²) in [7, 11) is 0. The number of aliphatic carboxylic acids is 2. The Kier molecular flexibility index (Phi) is 94.3. The zero-order chi connectivity index (χ0) is 66.9. The summed E-state index contributed by atoms with van der Waals surface area (Å²) in [6, 6.07) is 0. The van der Waals surface area contributed by atoms with Gasteiger partial charge in [0, 0.05) is 25.0 Å². The summed E-state index contributed by atoms with van der Waals surface area (Å²) in [6.07, 6.45) is 101. The molecule has 0 saturated heterocycles. The van der Waals surface area contributed by atoms with Crippen LogP contribution in [0.15, 0.2) is 0 Å². The zero-order valence-electron chi connectivity index (χ0n) is 64.8. The molecular weight excluding hydrogens is 1170 g/mol. The van der Waals surface area contributed by atoms with Gasteiger partial charge in [-0.3, -0.25) is 0 Å². The number of hydrogen-bond acceptors (Lipinski definition) is 6. The Morgan fingerprint density at radius 2 is 0.269 bits per heavy atom. The molecule has 0 unspecified atom stereocenters. The second-order valence-electron chi connectivity index (χ2n) is 30.0. The number of nitrogens with zero attached hydrogens (tertiary/aromatic N) is 2. The molecule has 552 valence electrons. The van der Waals surface area contributed by atoms with Crippen LogP contribution < -0.4 is 10.2 Å². The van der Waals surface area contributed by atoms with Crippen LogP contribution in [-0.4, -0.2) is 98.7 Å². The quantitative estimate of drug-likeness (QED) is 0.0445. The van der Waals surface area contributed by atoms with Gasteiger partial charge in [0.25, 0.3) is 0 Å². The molecule has 0 heterocycles. The Hall–Kier alpha value is 0.120. The first kappa shape index (κ1) is 97.3. The number of rotatable bonds is 82. The van der Waals surface area contributed by atoms with Crippen molar-refractivity contribution in [2.45, 2.75) is 503 Å². The van der Waals surface area contributed by atoms with Gasteiger partial charge in [-0.15, -0.1) is 0 Å². The molecule has 7 heteroatoms. The van der Waals surface area contributed by atoms with Gasteiger partial charge >= 0.3 is 37.7 Å². The SMILES string of the molecule is CCCCCCCCCCCCCCCCCCCCN(CCCCCCCCCCCCCCCCCCCC)CCC(=O)[O-].CCCCCCCCCCCCCCCCCCCCN(CCCCCCCCCCCCCCCCCCCC)CCC(=O)[O-].[Ca+2]. The van der Waals surface area contributed by atoms with E-state index in [1.54, 1.807) is 0 Å². The third-order valence-corrected chi connectivity index (χ3v) is 20.6. The van der Waals surface area contributed by atoms with Gasteiger partial charge in [-0.25, -0.2) is 0 Å². The number of carbonyl (C=O) groups is 2. The Morgan fingerprint density at radius 1 is 0.172 bits per heavy atom. The van der Waals surface area contributed by atoms with Crippen LogP contribution in [0.3, 0.4) is 0 Å². The summed E-state index contributed by atoms with van der Waals surface area (Å²) >= 11 is 0. The van der Waals surface area contributed by atoms with Gasteiger partial charge in [0.1, 0.15) is 0 Å². The van der Waals surface area contributed by atoms with Crippen molar-refractivity contribution in [2.24, 2.45) is 0 Å². The van der Waals surface area contributed by atoms with Gasteiger partial charge < -0.3 is 29.6 Å². The van der Waals surface area contributed by atoms with E-state index < -0.39 is 11.9 Å². The maximum atomic E-state index is 11.0. The van der Waals surface area contributed by atoms with Crippen LogP contribution in [0.1, 0.15) is 503 Å². The molecule has 0 atom stereocenters. The molecule has 0 aliphatic heterocycles. The monoisotopic (exact) mass is 1340 g/mol. The van der Waals surface area contributed by atoms with Crippen LogP contribution in [0.5, 0.6) is 0 Å². The second-order valence-corrected chi connectivity index (χ2v) is 30.0. The molecule has 93 heavy (non-hydrogen) atoms. The first-order chi connectivity index (χ1) is 45.4. The Balaban J connectivity index is -0.00000172. The van der Waals surface area contributed by atoms with Crippen molar-refractivity contribution in [3.05, 3.63) is 0 Å². The van der Waals surface area contributed by atoms with E-state index in [4.69, 9.17) is 0 Å². The Morgan fingerprint density at radius 3 is 0.366 bits per heavy atom. The topological polar surface area (TPSA) is 86.7 Å². The van der Waals surface area contributed by atoms with E-state index in [0.29, 0.717) is 13.1 Å². The standard InChI is InChI=1S/2C43H87NO2.Ca/c2*1-3-5-7-9-11-13-15-17-19-21-23-25-27-29-31-33-35-37-40-44(42-39-43(45)46)41-38-36-34-32-30-28-26-24-22-20-18-16-14-12-10-8-6-4-2;/h2*3-42H2,1-2H3,(H,45,46);/q;;+2/p-2. The van der Waals surface area contributed by atoms with Gasteiger partial charge in [0.05, 0.1) is 0 Å². The summed E-state index contributed by atoms with van der Waals surface area (Å²) in [5, 5.41) is 22.1. The van der Waals surface area contributed by atoms with E-state index in [0.717, 1.165) is 26.2 Å². The van der Waals surface area contributed by atoms with Crippen molar-refractivity contribution >= 4 is 49.7 Å².